The minimum Gasteiger partial charge on any atom is -0.353 e. The number of hydrazine groups is 1. The van der Waals surface area contributed by atoms with Crippen molar-refractivity contribution in [3.8, 4) is 0 Å². The van der Waals surface area contributed by atoms with Gasteiger partial charge in [-0.25, -0.2) is 0 Å². The first-order valence-electron chi connectivity index (χ1n) is 2.34. The van der Waals surface area contributed by atoms with Gasteiger partial charge in [0.2, 0.25) is 5.91 Å². The van der Waals surface area contributed by atoms with Gasteiger partial charge in [0, 0.05) is 14.0 Å². The number of hydrogen-bond acceptors (Lipinski definition) is 4. The fraction of sp³-hybridized carbons (Fsp3) is 1.00. The lowest BCUT2D eigenvalue weighted by atomic mass is 10.5. The minimum absolute atomic E-state index is 1.17. The predicted molar refractivity (Wildman–Crippen MR) is 29.7 cm³/mol. The monoisotopic (exact) mass is 120 g/mol. The Morgan fingerprint density at radius 3 is 1.88 bits per heavy atom. The summed E-state index contributed by atoms with van der Waals surface area (Å²) in [7, 11) is 3.13. The number of hydrogen-bond donors (Lipinski definition) is 3. The summed E-state index contributed by atoms with van der Waals surface area (Å²) in [6.07, 6.45) is 0. The molecule has 0 aliphatic carbocycles. The van der Waals surface area contributed by atoms with Crippen molar-refractivity contribution in [2.75, 3.05) is 14.1 Å². The van der Waals surface area contributed by atoms with Crippen LogP contribution in [0.4, 0.5) is 0 Å². The van der Waals surface area contributed by atoms with Gasteiger partial charge >= 0.3 is 0 Å². The lowest BCUT2D eigenvalue weighted by Crippen LogP contribution is -2.49. The fourth-order valence-electron chi connectivity index (χ4n) is 0.212. The number of rotatable bonds is 2. The van der Waals surface area contributed by atoms with Gasteiger partial charge in [-0.3, -0.25) is 5.43 Å². The van der Waals surface area contributed by atoms with Gasteiger partial charge in [-0.2, -0.15) is 5.01 Å². The van der Waals surface area contributed by atoms with E-state index >= 15 is 0 Å². The van der Waals surface area contributed by atoms with Crippen LogP contribution in [-0.2, 0) is 0 Å². The van der Waals surface area contributed by atoms with Gasteiger partial charge in [-0.15, -0.1) is 0 Å². The van der Waals surface area contributed by atoms with Crippen molar-refractivity contribution in [3.05, 3.63) is 0 Å². The third kappa shape index (κ3) is 2.23. The highest BCUT2D eigenvalue weighted by Gasteiger charge is 2.19. The molecule has 3 N–H and O–H groups in total. The maximum absolute atomic E-state index is 8.71. The minimum atomic E-state index is -1.77. The maximum atomic E-state index is 8.71. The summed E-state index contributed by atoms with van der Waals surface area (Å²) >= 11 is 0. The zero-order chi connectivity index (χ0) is 6.78. The molecule has 0 saturated carbocycles. The molecule has 0 heterocycles. The van der Waals surface area contributed by atoms with Crippen LogP contribution in [0.15, 0.2) is 0 Å². The molecule has 0 spiro atoms. The van der Waals surface area contributed by atoms with Gasteiger partial charge in [-0.1, -0.05) is 0 Å². The molecule has 0 unspecified atom stereocenters. The molecule has 0 aromatic carbocycles. The summed E-state index contributed by atoms with van der Waals surface area (Å²) in [6, 6.07) is 0. The van der Waals surface area contributed by atoms with E-state index in [9.17, 15) is 0 Å². The molecule has 0 atom stereocenters. The molecule has 0 rings (SSSR count). The van der Waals surface area contributed by atoms with Crippen LogP contribution in [0, 0.1) is 0 Å². The summed E-state index contributed by atoms with van der Waals surface area (Å²) < 4.78 is 0. The van der Waals surface area contributed by atoms with Crippen LogP contribution in [0.1, 0.15) is 6.92 Å². The van der Waals surface area contributed by atoms with E-state index in [2.05, 4.69) is 5.43 Å². The van der Waals surface area contributed by atoms with Crippen LogP contribution >= 0.6 is 0 Å². The summed E-state index contributed by atoms with van der Waals surface area (Å²) in [4.78, 5) is 0. The van der Waals surface area contributed by atoms with E-state index in [0.29, 0.717) is 0 Å². The predicted octanol–water partition coefficient (Wildman–Crippen LogP) is -1.29. The molecule has 0 aromatic rings. The van der Waals surface area contributed by atoms with Crippen molar-refractivity contribution in [3.63, 3.8) is 0 Å². The molecule has 4 heteroatoms. The molecule has 0 aromatic heterocycles. The first-order chi connectivity index (χ1) is 3.48. The molecule has 8 heavy (non-hydrogen) atoms. The summed E-state index contributed by atoms with van der Waals surface area (Å²) in [5.74, 6) is -1.77. The van der Waals surface area contributed by atoms with Crippen molar-refractivity contribution >= 4 is 0 Å². The number of nitrogens with zero attached hydrogens (tertiary/aromatic N) is 1. The molecule has 0 fully saturated rings. The van der Waals surface area contributed by atoms with Gasteiger partial charge < -0.3 is 10.2 Å². The molecule has 0 aliphatic heterocycles. The van der Waals surface area contributed by atoms with E-state index in [0.717, 1.165) is 0 Å². The second-order valence-corrected chi connectivity index (χ2v) is 1.75. The smallest absolute Gasteiger partial charge is 0.234 e. The Bertz CT molecular complexity index is 68.9. The fourth-order valence-corrected chi connectivity index (χ4v) is 0.212. The van der Waals surface area contributed by atoms with Crippen molar-refractivity contribution in [2.24, 2.45) is 0 Å². The Labute approximate surface area is 48.7 Å². The average molecular weight is 120 g/mol. The van der Waals surface area contributed by atoms with Gasteiger partial charge in [0.25, 0.3) is 0 Å². The maximum Gasteiger partial charge on any atom is 0.234 e. The molecule has 0 saturated heterocycles. The first kappa shape index (κ1) is 7.84. The zero-order valence-electron chi connectivity index (χ0n) is 5.34. The van der Waals surface area contributed by atoms with Gasteiger partial charge in [0.15, 0.2) is 0 Å². The van der Waals surface area contributed by atoms with Gasteiger partial charge in [0.1, 0.15) is 0 Å². The lowest BCUT2D eigenvalue weighted by molar-refractivity contribution is -0.256. The number of nitrogens with one attached hydrogen (secondary N) is 1. The van der Waals surface area contributed by atoms with Crippen LogP contribution in [0.3, 0.4) is 0 Å². The normalized spacial score (nSPS) is 12.8. The molecule has 0 aliphatic rings. The van der Waals surface area contributed by atoms with Crippen LogP contribution in [0.2, 0.25) is 0 Å². The Morgan fingerprint density at radius 2 is 1.88 bits per heavy atom. The molecule has 50 valence electrons. The largest absolute Gasteiger partial charge is 0.353 e. The average Bonchev–Trinajstić information content (AvgIpc) is 1.62. The Balaban J connectivity index is 3.62. The summed E-state index contributed by atoms with van der Waals surface area (Å²) in [6.45, 7) is 1.27. The van der Waals surface area contributed by atoms with Crippen molar-refractivity contribution in [2.45, 2.75) is 12.8 Å². The SMILES string of the molecule is CNN(C)C(C)(O)O. The highest BCUT2D eigenvalue weighted by atomic mass is 16.5. The van der Waals surface area contributed by atoms with Crippen LogP contribution in [0.5, 0.6) is 0 Å². The number of aliphatic hydroxyl groups is 2. The topological polar surface area (TPSA) is 55.7 Å². The van der Waals surface area contributed by atoms with Gasteiger partial charge in [0.05, 0.1) is 0 Å². The second kappa shape index (κ2) is 2.41. The quantitative estimate of drug-likeness (QED) is 0.313. The van der Waals surface area contributed by atoms with Crippen LogP contribution in [-0.4, -0.2) is 35.2 Å². The second-order valence-electron chi connectivity index (χ2n) is 1.75. The van der Waals surface area contributed by atoms with Crippen molar-refractivity contribution in [1.82, 2.24) is 10.4 Å². The molecular formula is C4H12N2O2. The summed E-state index contributed by atoms with van der Waals surface area (Å²) in [5.41, 5.74) is 2.54. The standard InChI is InChI=1S/C4H12N2O2/c1-4(7,8)6(3)5-2/h5,7-8H,1-3H3. The third-order valence-electron chi connectivity index (χ3n) is 0.971. The molecule has 0 bridgehead atoms. The molecular weight excluding hydrogens is 108 g/mol. The highest BCUT2D eigenvalue weighted by molar-refractivity contribution is 4.47. The highest BCUT2D eigenvalue weighted by Crippen LogP contribution is 1.97. The van der Waals surface area contributed by atoms with E-state index in [1.165, 1.54) is 19.0 Å². The zero-order valence-corrected chi connectivity index (χ0v) is 5.34. The van der Waals surface area contributed by atoms with Crippen LogP contribution in [0.25, 0.3) is 0 Å². The third-order valence-corrected chi connectivity index (χ3v) is 0.971. The lowest BCUT2D eigenvalue weighted by Gasteiger charge is -2.26. The summed E-state index contributed by atoms with van der Waals surface area (Å²) in [5, 5.41) is 18.6. The Hall–Kier alpha value is -0.160. The van der Waals surface area contributed by atoms with Crippen molar-refractivity contribution < 1.29 is 10.2 Å². The van der Waals surface area contributed by atoms with E-state index < -0.39 is 5.91 Å². The molecule has 4 nitrogen and oxygen atoms in total. The first-order valence-corrected chi connectivity index (χ1v) is 2.34. The molecule has 0 amide bonds. The van der Waals surface area contributed by atoms with E-state index in [1.807, 2.05) is 0 Å². The van der Waals surface area contributed by atoms with Crippen LogP contribution < -0.4 is 5.43 Å². The van der Waals surface area contributed by atoms with E-state index in [4.69, 9.17) is 10.2 Å². The Kier molecular flexibility index (Phi) is 2.36. The molecule has 0 radical (unpaired) electrons. The van der Waals surface area contributed by atoms with Gasteiger partial charge in [-0.05, 0) is 7.05 Å². The Morgan fingerprint density at radius 1 is 1.50 bits per heavy atom. The van der Waals surface area contributed by atoms with E-state index in [-0.39, 0.29) is 0 Å². The van der Waals surface area contributed by atoms with Crippen molar-refractivity contribution in [1.29, 1.82) is 0 Å². The van der Waals surface area contributed by atoms with E-state index in [1.54, 1.807) is 7.05 Å².